The standard InChI is InChI=1S/C9H7BrClNOS/c1-5-12-9(6(4-10)13-5)7-2-3-8(11)14-7/h2-3H,4H2,1H3. The van der Waals surface area contributed by atoms with E-state index in [2.05, 4.69) is 20.9 Å². The van der Waals surface area contributed by atoms with Gasteiger partial charge in [0.05, 0.1) is 14.5 Å². The first-order valence-corrected chi connectivity index (χ1v) is 6.30. The molecule has 0 aromatic carbocycles. The van der Waals surface area contributed by atoms with Gasteiger partial charge >= 0.3 is 0 Å². The molecule has 0 aliphatic rings. The SMILES string of the molecule is Cc1nc(-c2ccc(Cl)s2)c(CBr)o1. The fraction of sp³-hybridized carbons (Fsp3) is 0.222. The molecule has 0 aliphatic heterocycles. The first kappa shape index (κ1) is 10.2. The van der Waals surface area contributed by atoms with Crippen molar-refractivity contribution in [2.24, 2.45) is 0 Å². The molecule has 2 nitrogen and oxygen atoms in total. The van der Waals surface area contributed by atoms with Gasteiger partial charge in [-0.15, -0.1) is 11.3 Å². The third-order valence-electron chi connectivity index (χ3n) is 1.73. The highest BCUT2D eigenvalue weighted by molar-refractivity contribution is 9.08. The summed E-state index contributed by atoms with van der Waals surface area (Å²) in [5.74, 6) is 1.53. The summed E-state index contributed by atoms with van der Waals surface area (Å²) in [6, 6.07) is 3.82. The third-order valence-corrected chi connectivity index (χ3v) is 3.48. The molecule has 0 spiro atoms. The summed E-state index contributed by atoms with van der Waals surface area (Å²) in [6.07, 6.45) is 0. The molecule has 74 valence electrons. The average molecular weight is 293 g/mol. The predicted molar refractivity (Wildman–Crippen MR) is 62.2 cm³/mol. The van der Waals surface area contributed by atoms with Gasteiger partial charge in [0.15, 0.2) is 5.89 Å². The largest absolute Gasteiger partial charge is 0.444 e. The van der Waals surface area contributed by atoms with E-state index in [9.17, 15) is 0 Å². The van der Waals surface area contributed by atoms with Crippen LogP contribution >= 0.6 is 38.9 Å². The topological polar surface area (TPSA) is 26.0 Å². The lowest BCUT2D eigenvalue weighted by Gasteiger charge is -1.91. The van der Waals surface area contributed by atoms with Gasteiger partial charge in [0.1, 0.15) is 11.5 Å². The van der Waals surface area contributed by atoms with Crippen LogP contribution in [0.3, 0.4) is 0 Å². The number of alkyl halides is 1. The Bertz CT molecular complexity index is 451. The Morgan fingerprint density at radius 3 is 2.93 bits per heavy atom. The second kappa shape index (κ2) is 4.04. The minimum absolute atomic E-state index is 0.665. The lowest BCUT2D eigenvalue weighted by molar-refractivity contribution is 0.492. The molecule has 0 aliphatic carbocycles. The van der Waals surface area contributed by atoms with Gasteiger partial charge in [-0.05, 0) is 12.1 Å². The van der Waals surface area contributed by atoms with Crippen molar-refractivity contribution in [2.75, 3.05) is 0 Å². The summed E-state index contributed by atoms with van der Waals surface area (Å²) in [5, 5.41) is 0.665. The van der Waals surface area contributed by atoms with E-state index < -0.39 is 0 Å². The van der Waals surface area contributed by atoms with E-state index in [1.54, 1.807) is 0 Å². The maximum Gasteiger partial charge on any atom is 0.191 e. The molecule has 0 amide bonds. The highest BCUT2D eigenvalue weighted by Crippen LogP contribution is 2.33. The maximum atomic E-state index is 5.86. The Hall–Kier alpha value is -0.320. The maximum absolute atomic E-state index is 5.86. The molecule has 0 saturated heterocycles. The molecule has 2 heterocycles. The predicted octanol–water partition coefficient (Wildman–Crippen LogP) is 4.26. The molecule has 5 heteroatoms. The quantitative estimate of drug-likeness (QED) is 0.773. The number of oxazole rings is 1. The van der Waals surface area contributed by atoms with Crippen molar-refractivity contribution < 1.29 is 4.42 Å². The van der Waals surface area contributed by atoms with E-state index in [0.29, 0.717) is 11.2 Å². The molecule has 0 unspecified atom stereocenters. The lowest BCUT2D eigenvalue weighted by Crippen LogP contribution is -1.78. The number of hydrogen-bond donors (Lipinski definition) is 0. The Labute approximate surface area is 99.0 Å². The van der Waals surface area contributed by atoms with Crippen molar-refractivity contribution in [3.63, 3.8) is 0 Å². The second-order valence-electron chi connectivity index (χ2n) is 2.74. The van der Waals surface area contributed by atoms with Gasteiger partial charge in [0.25, 0.3) is 0 Å². The molecule has 0 bridgehead atoms. The van der Waals surface area contributed by atoms with Crippen LogP contribution in [0.2, 0.25) is 4.34 Å². The molecule has 2 rings (SSSR count). The minimum Gasteiger partial charge on any atom is -0.444 e. The highest BCUT2D eigenvalue weighted by Gasteiger charge is 2.13. The fourth-order valence-corrected chi connectivity index (χ4v) is 2.62. The van der Waals surface area contributed by atoms with Crippen molar-refractivity contribution in [1.29, 1.82) is 0 Å². The summed E-state index contributed by atoms with van der Waals surface area (Å²) in [4.78, 5) is 5.36. The van der Waals surface area contributed by atoms with Gasteiger partial charge in [-0.1, -0.05) is 27.5 Å². The number of aromatic nitrogens is 1. The minimum atomic E-state index is 0.665. The summed E-state index contributed by atoms with van der Waals surface area (Å²) in [5.41, 5.74) is 0.885. The number of rotatable bonds is 2. The summed E-state index contributed by atoms with van der Waals surface area (Å²) in [7, 11) is 0. The smallest absolute Gasteiger partial charge is 0.191 e. The Morgan fingerprint density at radius 2 is 2.36 bits per heavy atom. The number of hydrogen-bond acceptors (Lipinski definition) is 3. The van der Waals surface area contributed by atoms with Crippen molar-refractivity contribution >= 4 is 38.9 Å². The Kier molecular flexibility index (Phi) is 2.95. The molecule has 2 aromatic rings. The van der Waals surface area contributed by atoms with Crippen LogP contribution in [0.1, 0.15) is 11.7 Å². The van der Waals surface area contributed by atoms with Gasteiger partial charge < -0.3 is 4.42 Å². The van der Waals surface area contributed by atoms with Crippen molar-refractivity contribution in [1.82, 2.24) is 4.98 Å². The normalized spacial score (nSPS) is 10.8. The van der Waals surface area contributed by atoms with Gasteiger partial charge in [0.2, 0.25) is 0 Å². The first-order chi connectivity index (χ1) is 6.70. The Balaban J connectivity index is 2.49. The summed E-state index contributed by atoms with van der Waals surface area (Å²) >= 11 is 10.7. The zero-order chi connectivity index (χ0) is 10.1. The van der Waals surface area contributed by atoms with E-state index in [0.717, 1.165) is 20.7 Å². The van der Waals surface area contributed by atoms with Crippen LogP contribution in [-0.2, 0) is 5.33 Å². The van der Waals surface area contributed by atoms with E-state index in [1.165, 1.54) is 11.3 Å². The van der Waals surface area contributed by atoms with E-state index in [-0.39, 0.29) is 0 Å². The zero-order valence-electron chi connectivity index (χ0n) is 7.38. The molecule has 0 N–H and O–H groups in total. The molecule has 0 atom stereocenters. The first-order valence-electron chi connectivity index (χ1n) is 3.98. The molecule has 0 fully saturated rings. The summed E-state index contributed by atoms with van der Waals surface area (Å²) < 4.78 is 6.20. The van der Waals surface area contributed by atoms with Crippen LogP contribution in [0.5, 0.6) is 0 Å². The molecule has 2 aromatic heterocycles. The number of nitrogens with zero attached hydrogens (tertiary/aromatic N) is 1. The zero-order valence-corrected chi connectivity index (χ0v) is 10.5. The monoisotopic (exact) mass is 291 g/mol. The van der Waals surface area contributed by atoms with Gasteiger partial charge in [-0.25, -0.2) is 4.98 Å². The van der Waals surface area contributed by atoms with E-state index >= 15 is 0 Å². The van der Waals surface area contributed by atoms with Crippen LogP contribution in [0, 0.1) is 6.92 Å². The van der Waals surface area contributed by atoms with Crippen molar-refractivity contribution in [2.45, 2.75) is 12.3 Å². The van der Waals surface area contributed by atoms with Gasteiger partial charge in [0, 0.05) is 6.92 Å². The average Bonchev–Trinajstić information content (AvgIpc) is 2.71. The molecule has 0 saturated carbocycles. The third kappa shape index (κ3) is 1.87. The van der Waals surface area contributed by atoms with Gasteiger partial charge in [-0.2, -0.15) is 0 Å². The second-order valence-corrected chi connectivity index (χ2v) is 5.02. The fourth-order valence-electron chi connectivity index (χ4n) is 1.19. The van der Waals surface area contributed by atoms with E-state index in [4.69, 9.17) is 16.0 Å². The van der Waals surface area contributed by atoms with Crippen molar-refractivity contribution in [3.8, 4) is 10.6 Å². The molecular formula is C9H7BrClNOS. The number of aryl methyl sites for hydroxylation is 1. The van der Waals surface area contributed by atoms with Crippen LogP contribution in [0.25, 0.3) is 10.6 Å². The van der Waals surface area contributed by atoms with E-state index in [1.807, 2.05) is 19.1 Å². The van der Waals surface area contributed by atoms with Crippen molar-refractivity contribution in [3.05, 3.63) is 28.1 Å². The number of halogens is 2. The highest BCUT2D eigenvalue weighted by atomic mass is 79.9. The number of thiophene rings is 1. The molecule has 14 heavy (non-hydrogen) atoms. The van der Waals surface area contributed by atoms with Gasteiger partial charge in [-0.3, -0.25) is 0 Å². The van der Waals surface area contributed by atoms with Crippen LogP contribution in [-0.4, -0.2) is 4.98 Å². The van der Waals surface area contributed by atoms with Crippen LogP contribution < -0.4 is 0 Å². The Morgan fingerprint density at radius 1 is 1.57 bits per heavy atom. The summed E-state index contributed by atoms with van der Waals surface area (Å²) in [6.45, 7) is 1.84. The lowest BCUT2D eigenvalue weighted by atomic mass is 10.3. The molecular weight excluding hydrogens is 286 g/mol. The van der Waals surface area contributed by atoms with Crippen LogP contribution in [0.15, 0.2) is 16.5 Å². The molecule has 0 radical (unpaired) electrons. The van der Waals surface area contributed by atoms with Crippen LogP contribution in [0.4, 0.5) is 0 Å².